The molecule has 0 unspecified atom stereocenters. The minimum atomic E-state index is -1.82. The fourth-order valence-corrected chi connectivity index (χ4v) is 9.70. The highest BCUT2D eigenvalue weighted by Crippen LogP contribution is 2.70. The number of carboxylic acid groups (broad SMARTS) is 2. The van der Waals surface area contributed by atoms with Gasteiger partial charge in [0.2, 0.25) is 0 Å². The number of nitrogens with two attached hydrogens (primary N) is 1. The molecule has 4 fully saturated rings. The monoisotopic (exact) mass is 507 g/mol. The van der Waals surface area contributed by atoms with Crippen molar-refractivity contribution in [1.29, 1.82) is 0 Å². The van der Waals surface area contributed by atoms with Crippen LogP contribution < -0.4 is 5.73 Å². The summed E-state index contributed by atoms with van der Waals surface area (Å²) in [5.41, 5.74) is 6.98. The first-order valence-electron chi connectivity index (χ1n) is 13.1. The van der Waals surface area contributed by atoms with Crippen molar-refractivity contribution in [3.05, 3.63) is 24.2 Å². The maximum atomic E-state index is 12.3. The molecule has 0 bridgehead atoms. The third kappa shape index (κ3) is 4.55. The normalized spacial score (nSPS) is 42.1. The highest BCUT2D eigenvalue weighted by atomic mass is 32.2. The molecule has 5 N–H and O–H groups in total. The molecular weight excluding hydrogens is 466 g/mol. The van der Waals surface area contributed by atoms with Crippen molar-refractivity contribution in [1.82, 2.24) is 0 Å². The van der Waals surface area contributed by atoms with Gasteiger partial charge in [0.25, 0.3) is 0 Å². The molecule has 5 rings (SSSR count). The van der Waals surface area contributed by atoms with Gasteiger partial charge in [-0.05, 0) is 98.5 Å². The van der Waals surface area contributed by atoms with Crippen molar-refractivity contribution in [3.63, 3.8) is 0 Å². The lowest BCUT2D eigenvalue weighted by molar-refractivity contribution is -0.200. The summed E-state index contributed by atoms with van der Waals surface area (Å²) in [7, 11) is 0. The molecule has 8 heteroatoms. The molecule has 8 atom stereocenters. The van der Waals surface area contributed by atoms with E-state index in [0.29, 0.717) is 23.2 Å². The van der Waals surface area contributed by atoms with E-state index in [1.807, 2.05) is 6.26 Å². The molecule has 4 saturated carbocycles. The molecule has 1 heterocycles. The van der Waals surface area contributed by atoms with Crippen LogP contribution in [0.2, 0.25) is 0 Å². The Morgan fingerprint density at radius 2 is 1.80 bits per heavy atom. The fraction of sp³-hybridized carbons (Fsp3) is 0.778. The molecule has 0 aromatic carbocycles. The van der Waals surface area contributed by atoms with Gasteiger partial charge in [-0.2, -0.15) is 11.8 Å². The average molecular weight is 508 g/mol. The molecular formula is C27H41NO6S. The molecule has 1 aromatic rings. The number of fused-ring (bicyclic) bond motifs is 5. The lowest BCUT2D eigenvalue weighted by Crippen LogP contribution is -2.61. The first-order valence-corrected chi connectivity index (χ1v) is 14.1. The molecule has 0 aliphatic heterocycles. The summed E-state index contributed by atoms with van der Waals surface area (Å²) in [5.74, 6) is -0.0818. The zero-order valence-corrected chi connectivity index (χ0v) is 21.8. The fourth-order valence-electron chi connectivity index (χ4n) is 8.58. The number of aliphatic hydroxyl groups is 1. The number of carbonyl (C=O) groups is 2. The Kier molecular flexibility index (Phi) is 7.66. The van der Waals surface area contributed by atoms with Gasteiger partial charge in [-0.25, -0.2) is 9.59 Å². The summed E-state index contributed by atoms with van der Waals surface area (Å²) in [4.78, 5) is 18.2. The van der Waals surface area contributed by atoms with Crippen LogP contribution >= 0.6 is 11.8 Å². The zero-order chi connectivity index (χ0) is 25.4. The van der Waals surface area contributed by atoms with Crippen LogP contribution in [0.4, 0.5) is 0 Å². The van der Waals surface area contributed by atoms with E-state index in [1.165, 1.54) is 44.1 Å². The summed E-state index contributed by atoms with van der Waals surface area (Å²) in [5, 5.41) is 27.8. The first kappa shape index (κ1) is 26.6. The topological polar surface area (TPSA) is 134 Å². The molecule has 4 aliphatic rings. The SMILES string of the molecule is C[C@]12CC[C@H](SCCN)C[C@H]1CC[C@@H]1[C@@H]2CC[C@]2(C)[C@@H](c3ccoc3)CC[C@]12O.O=C(O)C(=O)O. The van der Waals surface area contributed by atoms with Gasteiger partial charge < -0.3 is 25.5 Å². The van der Waals surface area contributed by atoms with Crippen LogP contribution in [0.1, 0.15) is 83.1 Å². The second-order valence-electron chi connectivity index (χ2n) is 11.7. The Hall–Kier alpha value is -1.51. The van der Waals surface area contributed by atoms with E-state index in [2.05, 4.69) is 31.7 Å². The second-order valence-corrected chi connectivity index (χ2v) is 13.1. The first-order chi connectivity index (χ1) is 16.6. The maximum absolute atomic E-state index is 12.3. The van der Waals surface area contributed by atoms with Crippen molar-refractivity contribution in [2.45, 2.75) is 88.4 Å². The van der Waals surface area contributed by atoms with Crippen LogP contribution in [0.3, 0.4) is 0 Å². The Bertz CT molecular complexity index is 895. The summed E-state index contributed by atoms with van der Waals surface area (Å²) in [6.07, 6.45) is 14.9. The minimum absolute atomic E-state index is 0.00455. The number of thioether (sulfide) groups is 1. The van der Waals surface area contributed by atoms with Crippen LogP contribution in [0, 0.1) is 28.6 Å². The van der Waals surface area contributed by atoms with E-state index in [0.717, 1.165) is 42.7 Å². The maximum Gasteiger partial charge on any atom is 0.414 e. The number of hydrogen-bond acceptors (Lipinski definition) is 6. The van der Waals surface area contributed by atoms with Crippen molar-refractivity contribution in [2.75, 3.05) is 12.3 Å². The van der Waals surface area contributed by atoms with Crippen molar-refractivity contribution in [3.8, 4) is 0 Å². The molecule has 35 heavy (non-hydrogen) atoms. The van der Waals surface area contributed by atoms with Gasteiger partial charge in [-0.1, -0.05) is 13.8 Å². The predicted molar refractivity (Wildman–Crippen MR) is 135 cm³/mol. The third-order valence-corrected chi connectivity index (χ3v) is 11.8. The standard InChI is InChI=1S/C25H39NO2S.C2H2O4/c1-23-9-5-19(29-14-12-26)15-18(23)3-4-22-21(23)6-10-24(2)20(7-11-25(22,24)27)17-8-13-28-16-17;3-1(4)2(5)6/h8,13,16,18-22,27H,3-7,9-12,14-15,26H2,1-2H3;(H,3,4)(H,5,6)/t18-,19+,20-,21+,22-,23+,24-,25+;/m1./s1. The van der Waals surface area contributed by atoms with Gasteiger partial charge in [0.15, 0.2) is 0 Å². The smallest absolute Gasteiger partial charge is 0.414 e. The van der Waals surface area contributed by atoms with E-state index in [-0.39, 0.29) is 5.41 Å². The van der Waals surface area contributed by atoms with E-state index in [4.69, 9.17) is 30.0 Å². The Morgan fingerprint density at radius 3 is 2.43 bits per heavy atom. The average Bonchev–Trinajstić information content (AvgIpc) is 3.44. The van der Waals surface area contributed by atoms with Crippen LogP contribution in [0.15, 0.2) is 23.0 Å². The molecule has 196 valence electrons. The van der Waals surface area contributed by atoms with Crippen molar-refractivity contribution in [2.24, 2.45) is 34.3 Å². The van der Waals surface area contributed by atoms with E-state index >= 15 is 0 Å². The molecule has 4 aliphatic carbocycles. The number of carboxylic acids is 2. The number of rotatable bonds is 4. The van der Waals surface area contributed by atoms with Crippen LogP contribution in [-0.2, 0) is 9.59 Å². The lowest BCUT2D eigenvalue weighted by Gasteiger charge is -2.63. The van der Waals surface area contributed by atoms with Crippen molar-refractivity contribution >= 4 is 23.7 Å². The van der Waals surface area contributed by atoms with E-state index in [1.54, 1.807) is 6.26 Å². The molecule has 0 amide bonds. The quantitative estimate of drug-likeness (QED) is 0.430. The Balaban J connectivity index is 0.000000431. The Labute approximate surface area is 212 Å². The van der Waals surface area contributed by atoms with Crippen LogP contribution in [0.5, 0.6) is 0 Å². The number of furan rings is 1. The van der Waals surface area contributed by atoms with Gasteiger partial charge in [0, 0.05) is 23.0 Å². The second kappa shape index (κ2) is 10.1. The lowest BCUT2D eigenvalue weighted by atomic mass is 9.43. The zero-order valence-electron chi connectivity index (χ0n) is 20.9. The minimum Gasteiger partial charge on any atom is -0.473 e. The van der Waals surface area contributed by atoms with E-state index < -0.39 is 17.5 Å². The summed E-state index contributed by atoms with van der Waals surface area (Å²) in [6.45, 7) is 5.78. The molecule has 0 spiro atoms. The number of aliphatic carboxylic acids is 2. The highest BCUT2D eigenvalue weighted by Gasteiger charge is 2.67. The molecule has 0 saturated heterocycles. The van der Waals surface area contributed by atoms with Gasteiger partial charge in [-0.15, -0.1) is 0 Å². The Morgan fingerprint density at radius 1 is 1.06 bits per heavy atom. The molecule has 7 nitrogen and oxygen atoms in total. The van der Waals surface area contributed by atoms with Crippen molar-refractivity contribution < 1.29 is 29.3 Å². The number of hydrogen-bond donors (Lipinski definition) is 4. The highest BCUT2D eigenvalue weighted by molar-refractivity contribution is 7.99. The molecule has 1 aromatic heterocycles. The van der Waals surface area contributed by atoms with Gasteiger partial charge in [-0.3, -0.25) is 0 Å². The molecule has 0 radical (unpaired) electrons. The van der Waals surface area contributed by atoms with Crippen LogP contribution in [0.25, 0.3) is 0 Å². The van der Waals surface area contributed by atoms with E-state index in [9.17, 15) is 5.11 Å². The predicted octanol–water partition coefficient (Wildman–Crippen LogP) is 4.74. The third-order valence-electron chi connectivity index (χ3n) is 10.4. The summed E-state index contributed by atoms with van der Waals surface area (Å²) >= 11 is 2.11. The van der Waals surface area contributed by atoms with Gasteiger partial charge in [0.1, 0.15) is 0 Å². The van der Waals surface area contributed by atoms with Gasteiger partial charge >= 0.3 is 11.9 Å². The van der Waals surface area contributed by atoms with Crippen LogP contribution in [-0.4, -0.2) is 50.4 Å². The summed E-state index contributed by atoms with van der Waals surface area (Å²) in [6, 6.07) is 2.13. The largest absolute Gasteiger partial charge is 0.473 e. The van der Waals surface area contributed by atoms with Gasteiger partial charge in [0.05, 0.1) is 18.1 Å². The summed E-state index contributed by atoms with van der Waals surface area (Å²) < 4.78 is 5.42.